The molecule has 4 rings (SSSR count). The van der Waals surface area contributed by atoms with E-state index in [0.717, 1.165) is 53.9 Å². The minimum Gasteiger partial charge on any atom is -0.380 e. The molecule has 1 aliphatic heterocycles. The summed E-state index contributed by atoms with van der Waals surface area (Å²) in [6, 6.07) is 12.7. The van der Waals surface area contributed by atoms with Crippen LogP contribution in [0.4, 0.5) is 11.5 Å². The van der Waals surface area contributed by atoms with Crippen LogP contribution in [0, 0.1) is 0 Å². The van der Waals surface area contributed by atoms with Crippen molar-refractivity contribution in [2.45, 2.75) is 38.8 Å². The molecule has 0 spiro atoms. The first-order valence-corrected chi connectivity index (χ1v) is 10.3. The summed E-state index contributed by atoms with van der Waals surface area (Å²) in [6.45, 7) is 5.78. The average Bonchev–Trinajstić information content (AvgIpc) is 3.17. The highest BCUT2D eigenvalue weighted by molar-refractivity contribution is 6.06. The number of rotatable bonds is 5. The van der Waals surface area contributed by atoms with Gasteiger partial charge in [0.1, 0.15) is 0 Å². The molecule has 2 aromatic heterocycles. The number of amides is 1. The minimum atomic E-state index is 0.114. The third-order valence-electron chi connectivity index (χ3n) is 5.68. The second kappa shape index (κ2) is 8.15. The number of para-hydroxylation sites is 1. The molecule has 0 atom stereocenters. The van der Waals surface area contributed by atoms with Crippen molar-refractivity contribution in [1.82, 2.24) is 14.9 Å². The fraction of sp³-hybridized carbons (Fsp3) is 0.391. The predicted octanol–water partition coefficient (Wildman–Crippen LogP) is 4.12. The Labute approximate surface area is 171 Å². The van der Waals surface area contributed by atoms with E-state index in [1.54, 1.807) is 0 Å². The number of benzene rings is 1. The van der Waals surface area contributed by atoms with E-state index in [-0.39, 0.29) is 5.91 Å². The Balaban J connectivity index is 1.44. The number of piperidine rings is 1. The summed E-state index contributed by atoms with van der Waals surface area (Å²) in [6.07, 6.45) is 5.54. The van der Waals surface area contributed by atoms with Crippen LogP contribution >= 0.6 is 0 Å². The molecule has 2 N–H and O–H groups in total. The maximum atomic E-state index is 13.1. The molecule has 0 aliphatic carbocycles. The third-order valence-corrected chi connectivity index (χ3v) is 5.68. The summed E-state index contributed by atoms with van der Waals surface area (Å²) in [7, 11) is 2.11. The molecule has 6 nitrogen and oxygen atoms in total. The molecule has 3 heterocycles. The lowest BCUT2D eigenvalue weighted by molar-refractivity contribution is 0.0715. The molecule has 0 bridgehead atoms. The number of nitrogens with one attached hydrogen (secondary N) is 2. The van der Waals surface area contributed by atoms with Crippen molar-refractivity contribution < 1.29 is 4.79 Å². The Bertz CT molecular complexity index is 988. The predicted molar refractivity (Wildman–Crippen MR) is 119 cm³/mol. The van der Waals surface area contributed by atoms with Crippen LogP contribution < -0.4 is 10.2 Å². The highest BCUT2D eigenvalue weighted by Crippen LogP contribution is 2.28. The van der Waals surface area contributed by atoms with Gasteiger partial charge >= 0.3 is 0 Å². The van der Waals surface area contributed by atoms with Crippen LogP contribution in [-0.4, -0.2) is 53.0 Å². The molecule has 6 heteroatoms. The number of H-pyrrole nitrogens is 1. The molecule has 1 amide bonds. The van der Waals surface area contributed by atoms with Crippen molar-refractivity contribution in [3.05, 3.63) is 54.4 Å². The quantitative estimate of drug-likeness (QED) is 0.687. The Morgan fingerprint density at radius 3 is 2.72 bits per heavy atom. The van der Waals surface area contributed by atoms with Crippen molar-refractivity contribution in [3.8, 4) is 0 Å². The number of hydrogen-bond donors (Lipinski definition) is 2. The smallest absolute Gasteiger partial charge is 0.256 e. The summed E-state index contributed by atoms with van der Waals surface area (Å²) in [5.41, 5.74) is 2.83. The number of hydrogen-bond acceptors (Lipinski definition) is 4. The van der Waals surface area contributed by atoms with Crippen LogP contribution in [-0.2, 0) is 0 Å². The zero-order valence-electron chi connectivity index (χ0n) is 17.4. The topological polar surface area (TPSA) is 64.3 Å². The molecule has 29 heavy (non-hydrogen) atoms. The van der Waals surface area contributed by atoms with Crippen molar-refractivity contribution in [2.24, 2.45) is 0 Å². The molecule has 0 radical (unpaired) electrons. The molecule has 0 saturated carbocycles. The number of carbonyl (C=O) groups is 1. The summed E-state index contributed by atoms with van der Waals surface area (Å²) >= 11 is 0. The van der Waals surface area contributed by atoms with Crippen molar-refractivity contribution in [3.63, 3.8) is 0 Å². The third kappa shape index (κ3) is 3.92. The summed E-state index contributed by atoms with van der Waals surface area (Å²) in [5.74, 6) is 1.09. The van der Waals surface area contributed by atoms with Gasteiger partial charge in [-0.25, -0.2) is 4.98 Å². The molecule has 3 aromatic rings. The first-order chi connectivity index (χ1) is 14.0. The van der Waals surface area contributed by atoms with E-state index in [9.17, 15) is 4.79 Å². The lowest BCUT2D eigenvalue weighted by atomic mass is 10.0. The zero-order chi connectivity index (χ0) is 20.4. The lowest BCUT2D eigenvalue weighted by Crippen LogP contribution is -2.46. The van der Waals surface area contributed by atoms with Gasteiger partial charge in [-0.3, -0.25) is 4.79 Å². The normalized spacial score (nSPS) is 15.1. The number of carbonyl (C=O) groups excluding carboxylic acids is 1. The van der Waals surface area contributed by atoms with Crippen LogP contribution in [0.3, 0.4) is 0 Å². The van der Waals surface area contributed by atoms with Gasteiger partial charge in [0, 0.05) is 55.5 Å². The number of aromatic nitrogens is 2. The van der Waals surface area contributed by atoms with E-state index in [2.05, 4.69) is 47.1 Å². The van der Waals surface area contributed by atoms with Gasteiger partial charge < -0.3 is 20.1 Å². The standard InChI is InChI=1S/C23H29N5O/c1-16(2)26-21-9-6-12-24-22(21)27(3)17-10-13-28(14-11-17)23(29)19-15-25-20-8-5-4-7-18(19)20/h4-9,12,15-17,25-26H,10-11,13-14H2,1-3H3. The Morgan fingerprint density at radius 1 is 1.21 bits per heavy atom. The van der Waals surface area contributed by atoms with Gasteiger partial charge in [-0.15, -0.1) is 0 Å². The van der Waals surface area contributed by atoms with Gasteiger partial charge in [-0.05, 0) is 44.9 Å². The average molecular weight is 392 g/mol. The lowest BCUT2D eigenvalue weighted by Gasteiger charge is -2.38. The minimum absolute atomic E-state index is 0.114. The van der Waals surface area contributed by atoms with Gasteiger partial charge in [-0.1, -0.05) is 18.2 Å². The molecule has 1 aromatic carbocycles. The van der Waals surface area contributed by atoms with Crippen LogP contribution in [0.5, 0.6) is 0 Å². The number of fused-ring (bicyclic) bond motifs is 1. The molecular formula is C23H29N5O. The monoisotopic (exact) mass is 391 g/mol. The van der Waals surface area contributed by atoms with Crippen molar-refractivity contribution in [2.75, 3.05) is 30.4 Å². The Morgan fingerprint density at radius 2 is 1.97 bits per heavy atom. The number of likely N-dealkylation sites (tertiary alicyclic amines) is 1. The summed E-state index contributed by atoms with van der Waals surface area (Å²) < 4.78 is 0. The van der Waals surface area contributed by atoms with E-state index >= 15 is 0 Å². The zero-order valence-corrected chi connectivity index (χ0v) is 17.4. The van der Waals surface area contributed by atoms with E-state index in [1.807, 2.05) is 47.6 Å². The fourth-order valence-corrected chi connectivity index (χ4v) is 4.15. The molecular weight excluding hydrogens is 362 g/mol. The second-order valence-electron chi connectivity index (χ2n) is 8.06. The number of pyridine rings is 1. The molecule has 0 unspecified atom stereocenters. The van der Waals surface area contributed by atoms with Gasteiger partial charge in [0.15, 0.2) is 5.82 Å². The molecule has 1 fully saturated rings. The summed E-state index contributed by atoms with van der Waals surface area (Å²) in [5, 5.41) is 4.48. The van der Waals surface area contributed by atoms with Gasteiger partial charge in [0.05, 0.1) is 11.3 Å². The largest absolute Gasteiger partial charge is 0.380 e. The van der Waals surface area contributed by atoms with E-state index < -0.39 is 0 Å². The second-order valence-corrected chi connectivity index (χ2v) is 8.06. The molecule has 152 valence electrons. The maximum absolute atomic E-state index is 13.1. The number of anilines is 2. The van der Waals surface area contributed by atoms with E-state index in [0.29, 0.717) is 12.1 Å². The fourth-order valence-electron chi connectivity index (χ4n) is 4.15. The van der Waals surface area contributed by atoms with Gasteiger partial charge in [0.2, 0.25) is 0 Å². The summed E-state index contributed by atoms with van der Waals surface area (Å²) in [4.78, 5) is 25.1. The molecule has 1 saturated heterocycles. The first kappa shape index (κ1) is 19.3. The van der Waals surface area contributed by atoms with Crippen LogP contribution in [0.2, 0.25) is 0 Å². The van der Waals surface area contributed by atoms with E-state index in [1.165, 1.54) is 0 Å². The Kier molecular flexibility index (Phi) is 5.43. The number of nitrogens with zero attached hydrogens (tertiary/aromatic N) is 3. The van der Waals surface area contributed by atoms with E-state index in [4.69, 9.17) is 0 Å². The first-order valence-electron chi connectivity index (χ1n) is 10.3. The highest BCUT2D eigenvalue weighted by atomic mass is 16.2. The Hall–Kier alpha value is -3.02. The van der Waals surface area contributed by atoms with Crippen molar-refractivity contribution in [1.29, 1.82) is 0 Å². The van der Waals surface area contributed by atoms with Crippen LogP contribution in [0.25, 0.3) is 10.9 Å². The van der Waals surface area contributed by atoms with Crippen LogP contribution in [0.1, 0.15) is 37.0 Å². The van der Waals surface area contributed by atoms with Gasteiger partial charge in [-0.2, -0.15) is 0 Å². The van der Waals surface area contributed by atoms with Crippen LogP contribution in [0.15, 0.2) is 48.8 Å². The number of aromatic amines is 1. The SMILES string of the molecule is CC(C)Nc1cccnc1N(C)C1CCN(C(=O)c2c[nH]c3ccccc23)CC1. The maximum Gasteiger partial charge on any atom is 0.256 e. The van der Waals surface area contributed by atoms with Gasteiger partial charge in [0.25, 0.3) is 5.91 Å². The highest BCUT2D eigenvalue weighted by Gasteiger charge is 2.28. The molecule has 1 aliphatic rings. The van der Waals surface area contributed by atoms with Crippen molar-refractivity contribution >= 4 is 28.3 Å².